The molecule has 0 aliphatic heterocycles. The number of carboxylic acids is 1. The molecule has 2 aromatic rings. The van der Waals surface area contributed by atoms with Crippen LogP contribution >= 0.6 is 27.7 Å². The van der Waals surface area contributed by atoms with E-state index in [0.29, 0.717) is 10.2 Å². The lowest BCUT2D eigenvalue weighted by atomic mass is 10.3. The predicted molar refractivity (Wildman–Crippen MR) is 77.2 cm³/mol. The van der Waals surface area contributed by atoms with Gasteiger partial charge in [-0.15, -0.1) is 11.8 Å². The normalized spacial score (nSPS) is 10.2. The molecule has 1 N–H and O–H groups in total. The lowest BCUT2D eigenvalue weighted by Gasteiger charge is -2.08. The summed E-state index contributed by atoms with van der Waals surface area (Å²) in [4.78, 5) is 16.0. The molecule has 19 heavy (non-hydrogen) atoms. The number of thioether (sulfide) groups is 1. The highest BCUT2D eigenvalue weighted by Gasteiger charge is 2.14. The van der Waals surface area contributed by atoms with Gasteiger partial charge >= 0.3 is 5.97 Å². The van der Waals surface area contributed by atoms with Gasteiger partial charge in [0.2, 0.25) is 0 Å². The van der Waals surface area contributed by atoms with Gasteiger partial charge in [0, 0.05) is 15.6 Å². The molecular weight excluding hydrogens is 330 g/mol. The lowest BCUT2D eigenvalue weighted by molar-refractivity contribution is 0.0687. The first-order chi connectivity index (χ1) is 9.10. The van der Waals surface area contributed by atoms with Crippen LogP contribution in [0.25, 0.3) is 0 Å². The first-order valence-corrected chi connectivity index (χ1v) is 7.32. The molecule has 0 radical (unpaired) electrons. The summed E-state index contributed by atoms with van der Waals surface area (Å²) >= 11 is 4.87. The van der Waals surface area contributed by atoms with Crippen LogP contribution in [-0.2, 0) is 0 Å². The zero-order valence-corrected chi connectivity index (χ0v) is 12.4. The Kier molecular flexibility index (Phi) is 4.44. The van der Waals surface area contributed by atoms with E-state index in [0.717, 1.165) is 4.90 Å². The third-order valence-electron chi connectivity index (χ3n) is 2.31. The Balaban J connectivity index is 2.31. The van der Waals surface area contributed by atoms with E-state index in [-0.39, 0.29) is 11.4 Å². The summed E-state index contributed by atoms with van der Waals surface area (Å²) in [5.41, 5.74) is -0.114. The minimum Gasteiger partial charge on any atom is -0.476 e. The van der Waals surface area contributed by atoms with Crippen molar-refractivity contribution in [2.24, 2.45) is 0 Å². The van der Waals surface area contributed by atoms with Gasteiger partial charge in [0.1, 0.15) is 5.75 Å². The third kappa shape index (κ3) is 3.48. The van der Waals surface area contributed by atoms with E-state index in [9.17, 15) is 4.79 Å². The number of aromatic carboxylic acids is 1. The van der Waals surface area contributed by atoms with Crippen LogP contribution in [0.1, 0.15) is 10.5 Å². The fourth-order valence-corrected chi connectivity index (χ4v) is 2.15. The number of hydrogen-bond donors (Lipinski definition) is 1. The Labute approximate surface area is 122 Å². The summed E-state index contributed by atoms with van der Waals surface area (Å²) < 4.78 is 6.23. The molecule has 0 amide bonds. The lowest BCUT2D eigenvalue weighted by Crippen LogP contribution is -2.03. The summed E-state index contributed by atoms with van der Waals surface area (Å²) in [7, 11) is 0. The molecular formula is C13H10BrNO3S. The molecule has 0 atom stereocenters. The second-order valence-electron chi connectivity index (χ2n) is 3.58. The van der Waals surface area contributed by atoms with Crippen LogP contribution in [0.4, 0.5) is 0 Å². The number of carboxylic acid groups (broad SMARTS) is 1. The summed E-state index contributed by atoms with van der Waals surface area (Å²) in [5.74, 6) is -0.345. The van der Waals surface area contributed by atoms with Crippen molar-refractivity contribution in [3.8, 4) is 11.5 Å². The Morgan fingerprint density at radius 3 is 2.63 bits per heavy atom. The molecule has 6 heteroatoms. The number of rotatable bonds is 4. The van der Waals surface area contributed by atoms with Gasteiger partial charge in [0.05, 0.1) is 0 Å². The molecule has 98 valence electrons. The third-order valence-corrected chi connectivity index (χ3v) is 3.49. The number of nitrogens with zero attached hydrogens (tertiary/aromatic N) is 1. The van der Waals surface area contributed by atoms with Gasteiger partial charge in [-0.3, -0.25) is 0 Å². The van der Waals surface area contributed by atoms with E-state index < -0.39 is 5.97 Å². The molecule has 0 saturated heterocycles. The fraction of sp³-hybridized carbons (Fsp3) is 0.0769. The van der Waals surface area contributed by atoms with Crippen molar-refractivity contribution in [2.75, 3.05) is 6.26 Å². The van der Waals surface area contributed by atoms with Crippen LogP contribution < -0.4 is 4.74 Å². The average Bonchev–Trinajstić information content (AvgIpc) is 2.39. The van der Waals surface area contributed by atoms with Crippen molar-refractivity contribution in [3.63, 3.8) is 0 Å². The molecule has 0 saturated carbocycles. The SMILES string of the molecule is CSc1ccc(Oc2cc(Br)cnc2C(=O)O)cc1. The highest BCUT2D eigenvalue weighted by molar-refractivity contribution is 9.10. The number of aromatic nitrogens is 1. The Morgan fingerprint density at radius 1 is 1.37 bits per heavy atom. The summed E-state index contributed by atoms with van der Waals surface area (Å²) in [6.07, 6.45) is 3.41. The zero-order chi connectivity index (χ0) is 13.8. The number of carbonyl (C=O) groups is 1. The number of halogens is 1. The molecule has 1 aromatic carbocycles. The Hall–Kier alpha value is -1.53. The van der Waals surface area contributed by atoms with Crippen molar-refractivity contribution >= 4 is 33.7 Å². The monoisotopic (exact) mass is 339 g/mol. The first kappa shape index (κ1) is 13.9. The summed E-state index contributed by atoms with van der Waals surface area (Å²) in [5, 5.41) is 9.06. The van der Waals surface area contributed by atoms with E-state index in [1.165, 1.54) is 6.20 Å². The topological polar surface area (TPSA) is 59.4 Å². The van der Waals surface area contributed by atoms with Gasteiger partial charge in [0.15, 0.2) is 11.4 Å². The standard InChI is InChI=1S/C13H10BrNO3S/c1-19-10-4-2-9(3-5-10)18-11-6-8(14)7-15-12(11)13(16)17/h2-7H,1H3,(H,16,17). The maximum absolute atomic E-state index is 11.1. The molecule has 2 rings (SSSR count). The summed E-state index contributed by atoms with van der Waals surface area (Å²) in [6, 6.07) is 8.98. The van der Waals surface area contributed by atoms with Crippen molar-refractivity contribution in [1.82, 2.24) is 4.98 Å². The predicted octanol–water partition coefficient (Wildman–Crippen LogP) is 4.06. The minimum atomic E-state index is -1.12. The van der Waals surface area contributed by atoms with Crippen LogP contribution in [0, 0.1) is 0 Å². The zero-order valence-electron chi connectivity index (χ0n) is 9.96. The quantitative estimate of drug-likeness (QED) is 0.851. The highest BCUT2D eigenvalue weighted by Crippen LogP contribution is 2.28. The fourth-order valence-electron chi connectivity index (χ4n) is 1.43. The Morgan fingerprint density at radius 2 is 2.05 bits per heavy atom. The van der Waals surface area contributed by atoms with Gasteiger partial charge < -0.3 is 9.84 Å². The molecule has 1 aromatic heterocycles. The van der Waals surface area contributed by atoms with Gasteiger partial charge in [0.25, 0.3) is 0 Å². The largest absolute Gasteiger partial charge is 0.476 e. The Bertz CT molecular complexity index is 601. The molecule has 0 aliphatic carbocycles. The van der Waals surface area contributed by atoms with E-state index in [2.05, 4.69) is 20.9 Å². The first-order valence-electron chi connectivity index (χ1n) is 5.31. The van der Waals surface area contributed by atoms with E-state index >= 15 is 0 Å². The van der Waals surface area contributed by atoms with E-state index in [1.807, 2.05) is 18.4 Å². The van der Waals surface area contributed by atoms with Gasteiger partial charge in [-0.05, 0) is 52.5 Å². The van der Waals surface area contributed by atoms with Gasteiger partial charge in [-0.25, -0.2) is 9.78 Å². The molecule has 0 unspecified atom stereocenters. The van der Waals surface area contributed by atoms with Crippen molar-refractivity contribution in [1.29, 1.82) is 0 Å². The second kappa shape index (κ2) is 6.08. The molecule has 0 bridgehead atoms. The minimum absolute atomic E-state index is 0.114. The van der Waals surface area contributed by atoms with Crippen molar-refractivity contribution in [2.45, 2.75) is 4.90 Å². The maximum Gasteiger partial charge on any atom is 0.358 e. The molecule has 4 nitrogen and oxygen atoms in total. The van der Waals surface area contributed by atoms with E-state index in [1.54, 1.807) is 30.0 Å². The molecule has 0 fully saturated rings. The van der Waals surface area contributed by atoms with Crippen LogP contribution in [0.2, 0.25) is 0 Å². The van der Waals surface area contributed by atoms with Crippen LogP contribution in [0.5, 0.6) is 11.5 Å². The van der Waals surface area contributed by atoms with Crippen LogP contribution in [0.15, 0.2) is 45.9 Å². The molecule has 1 heterocycles. The van der Waals surface area contributed by atoms with Crippen LogP contribution in [-0.4, -0.2) is 22.3 Å². The average molecular weight is 340 g/mol. The highest BCUT2D eigenvalue weighted by atomic mass is 79.9. The number of hydrogen-bond acceptors (Lipinski definition) is 4. The number of pyridine rings is 1. The number of ether oxygens (including phenoxy) is 1. The van der Waals surface area contributed by atoms with Crippen molar-refractivity contribution < 1.29 is 14.6 Å². The summed E-state index contributed by atoms with van der Waals surface area (Å²) in [6.45, 7) is 0. The maximum atomic E-state index is 11.1. The molecule has 0 aliphatic rings. The number of benzene rings is 1. The van der Waals surface area contributed by atoms with Crippen molar-refractivity contribution in [3.05, 3.63) is 46.7 Å². The van der Waals surface area contributed by atoms with E-state index in [4.69, 9.17) is 9.84 Å². The van der Waals surface area contributed by atoms with Crippen LogP contribution in [0.3, 0.4) is 0 Å². The smallest absolute Gasteiger partial charge is 0.358 e. The molecule has 0 spiro atoms. The van der Waals surface area contributed by atoms with Gasteiger partial charge in [-0.2, -0.15) is 0 Å². The second-order valence-corrected chi connectivity index (χ2v) is 5.38. The van der Waals surface area contributed by atoms with Gasteiger partial charge in [-0.1, -0.05) is 0 Å².